The molecule has 3 aromatic rings. The lowest BCUT2D eigenvalue weighted by atomic mass is 10.2. The summed E-state index contributed by atoms with van der Waals surface area (Å²) in [6.45, 7) is 4.78. The van der Waals surface area contributed by atoms with Gasteiger partial charge in [0.2, 0.25) is 0 Å². The summed E-state index contributed by atoms with van der Waals surface area (Å²) >= 11 is 1.36. The molecule has 6 nitrogen and oxygen atoms in total. The van der Waals surface area contributed by atoms with E-state index >= 15 is 0 Å². The third-order valence-electron chi connectivity index (χ3n) is 4.23. The fourth-order valence-corrected chi connectivity index (χ4v) is 3.83. The van der Waals surface area contributed by atoms with Gasteiger partial charge in [-0.25, -0.2) is 0 Å². The van der Waals surface area contributed by atoms with Crippen molar-refractivity contribution in [3.8, 4) is 5.75 Å². The summed E-state index contributed by atoms with van der Waals surface area (Å²) < 4.78 is 13.4. The summed E-state index contributed by atoms with van der Waals surface area (Å²) in [5, 5.41) is 0. The van der Waals surface area contributed by atoms with E-state index in [0.717, 1.165) is 23.1 Å². The van der Waals surface area contributed by atoms with Crippen molar-refractivity contribution in [1.82, 2.24) is 4.57 Å². The van der Waals surface area contributed by atoms with Crippen LogP contribution < -0.4 is 9.54 Å². The number of hydrogen-bond acceptors (Lipinski definition) is 5. The number of ether oxygens (including phenoxy) is 2. The number of benzene rings is 2. The van der Waals surface area contributed by atoms with Gasteiger partial charge in [0.15, 0.2) is 4.80 Å². The van der Waals surface area contributed by atoms with E-state index in [4.69, 9.17) is 9.47 Å². The fraction of sp³-hybridized carbons (Fsp3) is 0.318. The van der Waals surface area contributed by atoms with Crippen LogP contribution in [0.25, 0.3) is 10.2 Å². The average Bonchev–Trinajstić information content (AvgIpc) is 3.05. The third kappa shape index (κ3) is 5.32. The van der Waals surface area contributed by atoms with Crippen LogP contribution in [0.15, 0.2) is 53.5 Å². The maximum atomic E-state index is 12.8. The monoisotopic (exact) mass is 412 g/mol. The average molecular weight is 413 g/mol. The van der Waals surface area contributed by atoms with E-state index in [9.17, 15) is 9.59 Å². The van der Waals surface area contributed by atoms with E-state index in [-0.39, 0.29) is 18.4 Å². The minimum atomic E-state index is -0.380. The second kappa shape index (κ2) is 10.0. The summed E-state index contributed by atoms with van der Waals surface area (Å²) in [6, 6.07) is 14.7. The van der Waals surface area contributed by atoms with Gasteiger partial charge in [-0.05, 0) is 43.7 Å². The number of thiazole rings is 1. The highest BCUT2D eigenvalue weighted by molar-refractivity contribution is 7.16. The van der Waals surface area contributed by atoms with Crippen LogP contribution in [0, 0.1) is 0 Å². The second-order valence-corrected chi connectivity index (χ2v) is 7.40. The molecule has 0 atom stereocenters. The van der Waals surface area contributed by atoms with E-state index in [0.29, 0.717) is 29.3 Å². The molecule has 2 aromatic carbocycles. The van der Waals surface area contributed by atoms with Crippen molar-refractivity contribution in [2.24, 2.45) is 4.99 Å². The predicted octanol–water partition coefficient (Wildman–Crippen LogP) is 4.19. The Morgan fingerprint density at radius 2 is 1.93 bits per heavy atom. The van der Waals surface area contributed by atoms with Crippen molar-refractivity contribution in [3.05, 3.63) is 58.9 Å². The number of para-hydroxylation sites is 1. The minimum Gasteiger partial charge on any atom is -0.494 e. The second-order valence-electron chi connectivity index (χ2n) is 6.39. The van der Waals surface area contributed by atoms with Crippen LogP contribution in [-0.4, -0.2) is 29.7 Å². The van der Waals surface area contributed by atoms with Crippen molar-refractivity contribution < 1.29 is 19.1 Å². The van der Waals surface area contributed by atoms with Gasteiger partial charge in [0, 0.05) is 5.56 Å². The van der Waals surface area contributed by atoms with Gasteiger partial charge in [-0.1, -0.05) is 42.9 Å². The number of esters is 1. The first-order valence-electron chi connectivity index (χ1n) is 9.68. The highest BCUT2D eigenvalue weighted by Gasteiger charge is 2.13. The molecule has 1 amide bonds. The van der Waals surface area contributed by atoms with E-state index < -0.39 is 0 Å². The van der Waals surface area contributed by atoms with Crippen LogP contribution >= 0.6 is 11.3 Å². The Morgan fingerprint density at radius 1 is 1.10 bits per heavy atom. The molecule has 0 aliphatic rings. The van der Waals surface area contributed by atoms with Crippen LogP contribution in [0.5, 0.6) is 5.75 Å². The number of carbonyl (C=O) groups excluding carboxylic acids is 2. The summed E-state index contributed by atoms with van der Waals surface area (Å²) in [4.78, 5) is 29.6. The maximum absolute atomic E-state index is 12.8. The SMILES string of the molecule is CCCCOc1cccc(C(=O)N=c2sc3ccccc3n2CC(=O)OCC)c1. The number of unbranched alkanes of at least 4 members (excludes halogenated alkanes) is 1. The number of rotatable bonds is 8. The number of nitrogens with zero attached hydrogens (tertiary/aromatic N) is 2. The summed E-state index contributed by atoms with van der Waals surface area (Å²) in [5.74, 6) is -0.0957. The van der Waals surface area contributed by atoms with Crippen LogP contribution in [0.3, 0.4) is 0 Å². The van der Waals surface area contributed by atoms with Crippen molar-refractivity contribution >= 4 is 33.4 Å². The zero-order valence-electron chi connectivity index (χ0n) is 16.6. The van der Waals surface area contributed by atoms with E-state index in [1.165, 1.54) is 11.3 Å². The van der Waals surface area contributed by atoms with E-state index in [1.54, 1.807) is 29.7 Å². The molecule has 0 aliphatic heterocycles. The van der Waals surface area contributed by atoms with E-state index in [1.807, 2.05) is 30.3 Å². The number of amides is 1. The first-order chi connectivity index (χ1) is 14.1. The molecule has 0 radical (unpaired) electrons. The zero-order valence-corrected chi connectivity index (χ0v) is 17.4. The molecule has 0 bridgehead atoms. The largest absolute Gasteiger partial charge is 0.494 e. The Labute approximate surface area is 173 Å². The first kappa shape index (κ1) is 20.8. The van der Waals surface area contributed by atoms with Crippen molar-refractivity contribution in [2.75, 3.05) is 13.2 Å². The molecule has 0 unspecified atom stereocenters. The van der Waals surface area contributed by atoms with Gasteiger partial charge >= 0.3 is 5.97 Å². The molecule has 152 valence electrons. The summed E-state index contributed by atoms with van der Waals surface area (Å²) in [6.07, 6.45) is 2.00. The molecule has 29 heavy (non-hydrogen) atoms. The van der Waals surface area contributed by atoms with Gasteiger partial charge in [0.1, 0.15) is 12.3 Å². The van der Waals surface area contributed by atoms with Crippen molar-refractivity contribution in [3.63, 3.8) is 0 Å². The molecule has 1 heterocycles. The topological polar surface area (TPSA) is 69.9 Å². The van der Waals surface area contributed by atoms with Crippen LogP contribution in [0.2, 0.25) is 0 Å². The Bertz CT molecular complexity index is 1070. The highest BCUT2D eigenvalue weighted by Crippen LogP contribution is 2.18. The van der Waals surface area contributed by atoms with Crippen molar-refractivity contribution in [1.29, 1.82) is 0 Å². The van der Waals surface area contributed by atoms with Crippen LogP contribution in [0.1, 0.15) is 37.0 Å². The number of hydrogen-bond donors (Lipinski definition) is 0. The number of carbonyl (C=O) groups is 2. The Morgan fingerprint density at radius 3 is 2.72 bits per heavy atom. The fourth-order valence-electron chi connectivity index (χ4n) is 2.80. The molecule has 7 heteroatoms. The summed E-state index contributed by atoms with van der Waals surface area (Å²) in [5.41, 5.74) is 1.29. The Hall–Kier alpha value is -2.93. The van der Waals surface area contributed by atoms with Gasteiger partial charge in [0.05, 0.1) is 23.4 Å². The lowest BCUT2D eigenvalue weighted by molar-refractivity contribution is -0.143. The quantitative estimate of drug-likeness (QED) is 0.411. The molecule has 0 saturated carbocycles. The number of fused-ring (bicyclic) bond motifs is 1. The molecular weight excluding hydrogens is 388 g/mol. The smallest absolute Gasteiger partial charge is 0.326 e. The molecule has 1 aromatic heterocycles. The van der Waals surface area contributed by atoms with Gasteiger partial charge in [0.25, 0.3) is 5.91 Å². The molecule has 0 spiro atoms. The van der Waals surface area contributed by atoms with Crippen LogP contribution in [-0.2, 0) is 16.1 Å². The molecule has 0 saturated heterocycles. The summed E-state index contributed by atoms with van der Waals surface area (Å²) in [7, 11) is 0. The zero-order chi connectivity index (χ0) is 20.6. The molecule has 0 fully saturated rings. The third-order valence-corrected chi connectivity index (χ3v) is 5.28. The maximum Gasteiger partial charge on any atom is 0.326 e. The molecule has 0 N–H and O–H groups in total. The van der Waals surface area contributed by atoms with Gasteiger partial charge < -0.3 is 14.0 Å². The van der Waals surface area contributed by atoms with Gasteiger partial charge in [-0.2, -0.15) is 4.99 Å². The molecule has 3 rings (SSSR count). The van der Waals surface area contributed by atoms with E-state index in [2.05, 4.69) is 11.9 Å². The lowest BCUT2D eigenvalue weighted by Gasteiger charge is -2.06. The standard InChI is InChI=1S/C22H24N2O4S/c1-3-5-13-28-17-10-8-9-16(14-17)21(26)23-22-24(15-20(25)27-4-2)18-11-6-7-12-19(18)29-22/h6-12,14H,3-5,13,15H2,1-2H3. The van der Waals surface area contributed by atoms with Crippen molar-refractivity contribution in [2.45, 2.75) is 33.2 Å². The first-order valence-corrected chi connectivity index (χ1v) is 10.5. The van der Waals surface area contributed by atoms with Gasteiger partial charge in [-0.3, -0.25) is 9.59 Å². The Balaban J connectivity index is 1.94. The van der Waals surface area contributed by atoms with Gasteiger partial charge in [-0.15, -0.1) is 0 Å². The Kier molecular flexibility index (Phi) is 7.19. The molecule has 0 aliphatic carbocycles. The molecular formula is C22H24N2O4S. The highest BCUT2D eigenvalue weighted by atomic mass is 32.1. The van der Waals surface area contributed by atoms with Crippen LogP contribution in [0.4, 0.5) is 0 Å². The normalized spacial score (nSPS) is 11.6. The predicted molar refractivity (Wildman–Crippen MR) is 113 cm³/mol. The minimum absolute atomic E-state index is 0.00410. The number of aromatic nitrogens is 1. The lowest BCUT2D eigenvalue weighted by Crippen LogP contribution is -2.23.